The fourth-order valence-corrected chi connectivity index (χ4v) is 3.04. The van der Waals surface area contributed by atoms with Crippen molar-refractivity contribution in [2.24, 2.45) is 0 Å². The third-order valence-corrected chi connectivity index (χ3v) is 4.24. The Bertz CT molecular complexity index is 1100. The van der Waals surface area contributed by atoms with Gasteiger partial charge in [0.25, 0.3) is 5.78 Å². The van der Waals surface area contributed by atoms with Crippen LogP contribution in [0.5, 0.6) is 11.5 Å². The zero-order valence-electron chi connectivity index (χ0n) is 14.8. The van der Waals surface area contributed by atoms with Gasteiger partial charge < -0.3 is 15.0 Å². The number of hydrogen-bond acceptors (Lipinski definition) is 4. The predicted molar refractivity (Wildman–Crippen MR) is 101 cm³/mol. The number of rotatable bonds is 6. The van der Waals surface area contributed by atoms with Crippen LogP contribution in [-0.2, 0) is 0 Å². The lowest BCUT2D eigenvalue weighted by molar-refractivity contribution is 0.00234. The SMILES string of the molecule is COc1cc(C(=O)c2ccccc2C(=O)C=[N+]=[N-])c(OC)c2ccccc12. The summed E-state index contributed by atoms with van der Waals surface area (Å²) >= 11 is 0. The molecule has 6 heteroatoms. The highest BCUT2D eigenvalue weighted by Crippen LogP contribution is 2.37. The van der Waals surface area contributed by atoms with Crippen molar-refractivity contribution in [1.29, 1.82) is 0 Å². The van der Waals surface area contributed by atoms with E-state index in [9.17, 15) is 9.59 Å². The minimum atomic E-state index is -0.576. The molecule has 0 N–H and O–H groups in total. The first-order valence-electron chi connectivity index (χ1n) is 8.11. The molecule has 3 aromatic rings. The highest BCUT2D eigenvalue weighted by molar-refractivity contribution is 6.36. The van der Waals surface area contributed by atoms with E-state index in [4.69, 9.17) is 15.0 Å². The standard InChI is InChI=1S/C21H16N2O4/c1-26-19-11-17(21(27-2)16-10-6-4-8-14(16)19)20(25)15-9-5-3-7-13(15)18(24)12-23-22/h3-12H,1-2H3. The third-order valence-electron chi connectivity index (χ3n) is 4.24. The van der Waals surface area contributed by atoms with Crippen LogP contribution in [0.4, 0.5) is 0 Å². The van der Waals surface area contributed by atoms with Crippen LogP contribution < -0.4 is 9.47 Å². The van der Waals surface area contributed by atoms with Gasteiger partial charge in [-0.1, -0.05) is 48.5 Å². The molecule has 0 unspecified atom stereocenters. The lowest BCUT2D eigenvalue weighted by atomic mass is 9.93. The van der Waals surface area contributed by atoms with Crippen molar-refractivity contribution in [1.82, 2.24) is 0 Å². The average molecular weight is 360 g/mol. The van der Waals surface area contributed by atoms with Gasteiger partial charge in [0.1, 0.15) is 11.5 Å². The molecule has 0 spiro atoms. The number of methoxy groups -OCH3 is 2. The molecule has 0 atom stereocenters. The minimum absolute atomic E-state index is 0.134. The summed E-state index contributed by atoms with van der Waals surface area (Å²) < 4.78 is 11.0. The van der Waals surface area contributed by atoms with Crippen molar-refractivity contribution in [2.75, 3.05) is 14.2 Å². The molecule has 3 rings (SSSR count). The van der Waals surface area contributed by atoms with Gasteiger partial charge in [-0.2, -0.15) is 4.79 Å². The van der Waals surface area contributed by atoms with Gasteiger partial charge in [-0.15, -0.1) is 0 Å². The molecule has 27 heavy (non-hydrogen) atoms. The number of fused-ring (bicyclic) bond motifs is 1. The maximum absolute atomic E-state index is 13.3. The summed E-state index contributed by atoms with van der Waals surface area (Å²) in [4.78, 5) is 28.2. The van der Waals surface area contributed by atoms with E-state index >= 15 is 0 Å². The quantitative estimate of drug-likeness (QED) is 0.291. The van der Waals surface area contributed by atoms with Crippen molar-refractivity contribution < 1.29 is 23.9 Å². The molecule has 0 aliphatic carbocycles. The summed E-state index contributed by atoms with van der Waals surface area (Å²) in [6.07, 6.45) is 0.754. The molecule has 0 saturated heterocycles. The molecule has 0 fully saturated rings. The van der Waals surface area contributed by atoms with Crippen molar-refractivity contribution in [2.45, 2.75) is 0 Å². The van der Waals surface area contributed by atoms with E-state index in [2.05, 4.69) is 4.79 Å². The Kier molecular flexibility index (Phi) is 5.11. The summed E-state index contributed by atoms with van der Waals surface area (Å²) in [7, 11) is 3.01. The van der Waals surface area contributed by atoms with Gasteiger partial charge in [0.05, 0.1) is 19.8 Å². The normalized spacial score (nSPS) is 10.1. The second-order valence-electron chi connectivity index (χ2n) is 5.69. The Morgan fingerprint density at radius 1 is 0.889 bits per heavy atom. The highest BCUT2D eigenvalue weighted by atomic mass is 16.5. The summed E-state index contributed by atoms with van der Waals surface area (Å²) in [5.41, 5.74) is 9.23. The van der Waals surface area contributed by atoms with Crippen LogP contribution >= 0.6 is 0 Å². The van der Waals surface area contributed by atoms with Gasteiger partial charge >= 0.3 is 6.21 Å². The molecular formula is C21H16N2O4. The van der Waals surface area contributed by atoms with Crippen LogP contribution in [0.25, 0.3) is 16.3 Å². The summed E-state index contributed by atoms with van der Waals surface area (Å²) in [5.74, 6) is -0.0516. The predicted octanol–water partition coefficient (Wildman–Crippen LogP) is 3.57. The fraction of sp³-hybridized carbons (Fsp3) is 0.0952. The van der Waals surface area contributed by atoms with E-state index in [1.165, 1.54) is 20.3 Å². The second kappa shape index (κ2) is 7.64. The maximum atomic E-state index is 13.3. The van der Waals surface area contributed by atoms with Crippen molar-refractivity contribution in [3.8, 4) is 11.5 Å². The first kappa shape index (κ1) is 18.0. The second-order valence-corrected chi connectivity index (χ2v) is 5.69. The van der Waals surface area contributed by atoms with Crippen molar-refractivity contribution >= 4 is 28.6 Å². The van der Waals surface area contributed by atoms with Gasteiger partial charge in [-0.05, 0) is 6.07 Å². The molecule has 0 amide bonds. The molecule has 0 bridgehead atoms. The van der Waals surface area contributed by atoms with Crippen LogP contribution in [-0.4, -0.2) is 36.8 Å². The molecular weight excluding hydrogens is 344 g/mol. The van der Waals surface area contributed by atoms with Gasteiger partial charge in [0, 0.05) is 21.9 Å². The summed E-state index contributed by atoms with van der Waals surface area (Å²) in [6, 6.07) is 15.4. The van der Waals surface area contributed by atoms with Crippen LogP contribution in [0.2, 0.25) is 0 Å². The van der Waals surface area contributed by atoms with Crippen LogP contribution in [0, 0.1) is 0 Å². The van der Waals surface area contributed by atoms with Crippen LogP contribution in [0.1, 0.15) is 26.3 Å². The number of carbonyl (C=O) groups is 2. The largest absolute Gasteiger partial charge is 0.496 e. The van der Waals surface area contributed by atoms with Crippen molar-refractivity contribution in [3.63, 3.8) is 0 Å². The zero-order valence-corrected chi connectivity index (χ0v) is 14.8. The fourth-order valence-electron chi connectivity index (χ4n) is 3.04. The monoisotopic (exact) mass is 360 g/mol. The van der Waals surface area contributed by atoms with E-state index in [1.54, 1.807) is 24.3 Å². The number of Topliss-reactive ketones (excluding diaryl/α,β-unsaturated/α-hetero) is 1. The molecule has 134 valence electrons. The summed E-state index contributed by atoms with van der Waals surface area (Å²) in [5, 5.41) is 1.54. The number of nitrogens with zero attached hydrogens (tertiary/aromatic N) is 2. The molecule has 0 saturated carbocycles. The topological polar surface area (TPSA) is 89.0 Å². The third kappa shape index (κ3) is 3.21. The lowest BCUT2D eigenvalue weighted by Gasteiger charge is -2.15. The molecule has 0 aromatic heterocycles. The Morgan fingerprint density at radius 2 is 1.52 bits per heavy atom. The molecule has 0 heterocycles. The first-order valence-corrected chi connectivity index (χ1v) is 8.11. The Morgan fingerprint density at radius 3 is 2.15 bits per heavy atom. The Hall–Kier alpha value is -3.76. The van der Waals surface area contributed by atoms with E-state index in [1.807, 2.05) is 24.3 Å². The van der Waals surface area contributed by atoms with Gasteiger partial charge in [-0.25, -0.2) is 0 Å². The number of hydrogen-bond donors (Lipinski definition) is 0. The highest BCUT2D eigenvalue weighted by Gasteiger charge is 2.24. The summed E-state index contributed by atoms with van der Waals surface area (Å²) in [6.45, 7) is 0. The van der Waals surface area contributed by atoms with Gasteiger partial charge in [-0.3, -0.25) is 9.59 Å². The Labute approximate surface area is 155 Å². The van der Waals surface area contributed by atoms with Crippen LogP contribution in [0.3, 0.4) is 0 Å². The molecule has 6 nitrogen and oxygen atoms in total. The van der Waals surface area contributed by atoms with E-state index in [-0.39, 0.29) is 16.7 Å². The van der Waals surface area contributed by atoms with Gasteiger partial charge in [0.15, 0.2) is 5.78 Å². The molecule has 0 aliphatic heterocycles. The molecule has 0 radical (unpaired) electrons. The van der Waals surface area contributed by atoms with Gasteiger partial charge in [0.2, 0.25) is 0 Å². The first-order chi connectivity index (χ1) is 13.1. The van der Waals surface area contributed by atoms with E-state index < -0.39 is 11.6 Å². The Balaban J connectivity index is 2.26. The number of ether oxygens (including phenoxy) is 2. The van der Waals surface area contributed by atoms with Crippen LogP contribution in [0.15, 0.2) is 54.6 Å². The number of benzene rings is 3. The average Bonchev–Trinajstić information content (AvgIpc) is 2.72. The molecule has 3 aromatic carbocycles. The number of ketones is 2. The lowest BCUT2D eigenvalue weighted by Crippen LogP contribution is -2.12. The maximum Gasteiger partial charge on any atom is 0.328 e. The minimum Gasteiger partial charge on any atom is -0.496 e. The smallest absolute Gasteiger partial charge is 0.328 e. The zero-order chi connectivity index (χ0) is 19.4. The van der Waals surface area contributed by atoms with E-state index in [0.717, 1.165) is 17.0 Å². The van der Waals surface area contributed by atoms with E-state index in [0.29, 0.717) is 11.5 Å². The van der Waals surface area contributed by atoms with Crippen molar-refractivity contribution in [3.05, 3.63) is 76.8 Å². The molecule has 0 aliphatic rings. The number of carbonyl (C=O) groups excluding carboxylic acids is 2.